The first kappa shape index (κ1) is 30.8. The van der Waals surface area contributed by atoms with Crippen LogP contribution in [0.25, 0.3) is 66.4 Å². The minimum absolute atomic E-state index is 0.603. The fourth-order valence-corrected chi connectivity index (χ4v) is 8.35. The van der Waals surface area contributed by atoms with Gasteiger partial charge in [0, 0.05) is 71.8 Å². The van der Waals surface area contributed by atoms with Gasteiger partial charge in [-0.1, -0.05) is 97.1 Å². The Bertz CT molecular complexity index is 2720. The third-order valence-electron chi connectivity index (χ3n) is 10.7. The Kier molecular flexibility index (Phi) is 7.33. The Morgan fingerprint density at radius 2 is 0.830 bits per heavy atom. The van der Waals surface area contributed by atoms with Crippen LogP contribution in [0.3, 0.4) is 0 Å². The van der Waals surface area contributed by atoms with Crippen LogP contribution in [0.2, 0.25) is 0 Å². The quantitative estimate of drug-likeness (QED) is 0.176. The number of aromatic nitrogens is 4. The molecule has 0 aliphatic heterocycles. The van der Waals surface area contributed by atoms with Gasteiger partial charge in [-0.25, -0.2) is 0 Å². The normalized spacial score (nSPS) is 12.7. The number of rotatable bonds is 6. The minimum Gasteiger partial charge on any atom is -0.265 e. The van der Waals surface area contributed by atoms with Gasteiger partial charge in [-0.05, 0) is 115 Å². The number of hydrogen-bond acceptors (Lipinski definition) is 4. The van der Waals surface area contributed by atoms with E-state index in [2.05, 4.69) is 131 Å². The van der Waals surface area contributed by atoms with Crippen molar-refractivity contribution in [2.45, 2.75) is 5.41 Å². The molecular formula is C49H32N4. The molecule has 0 saturated heterocycles. The summed E-state index contributed by atoms with van der Waals surface area (Å²) < 4.78 is 0. The molecule has 4 heteroatoms. The number of hydrogen-bond donors (Lipinski definition) is 0. The summed E-state index contributed by atoms with van der Waals surface area (Å²) in [5.74, 6) is 0. The van der Waals surface area contributed by atoms with Gasteiger partial charge >= 0.3 is 0 Å². The second-order valence-corrected chi connectivity index (χ2v) is 13.5. The SMILES string of the molecule is c1ccc(C2(c3ccccc3)c3cc(-c4cncc(-c5ccncc5)c4)ccc3-c3c2cc(-c2cncc(-c4ccncc4)c2)c2ccccc32)cc1. The standard InChI is InChI=1S/C49H32N4/c1-3-9-40(10-4-1)49(41-11-5-2-6-12-41)46-27-35(38-25-36(29-52-31-38)33-17-21-50-22-18-33)15-16-44(46)48-43-14-8-7-13-42(43)45(28-47(48)49)39-26-37(30-53-32-39)34-19-23-51-24-20-34/h1-32H. The topological polar surface area (TPSA) is 51.6 Å². The fraction of sp³-hybridized carbons (Fsp3) is 0.0204. The highest BCUT2D eigenvalue weighted by Crippen LogP contribution is 2.59. The van der Waals surface area contributed by atoms with Crippen molar-refractivity contribution in [1.82, 2.24) is 19.9 Å². The zero-order valence-corrected chi connectivity index (χ0v) is 28.8. The third-order valence-corrected chi connectivity index (χ3v) is 10.7. The van der Waals surface area contributed by atoms with E-state index in [0.717, 1.165) is 44.5 Å². The summed E-state index contributed by atoms with van der Waals surface area (Å²) in [6.07, 6.45) is 15.1. The highest BCUT2D eigenvalue weighted by atomic mass is 14.6. The molecule has 4 aromatic heterocycles. The van der Waals surface area contributed by atoms with Gasteiger partial charge in [0.15, 0.2) is 0 Å². The molecule has 248 valence electrons. The largest absolute Gasteiger partial charge is 0.265 e. The van der Waals surface area contributed by atoms with E-state index in [-0.39, 0.29) is 0 Å². The summed E-state index contributed by atoms with van der Waals surface area (Å²) in [5.41, 5.74) is 15.6. The van der Waals surface area contributed by atoms with Crippen LogP contribution in [0.15, 0.2) is 195 Å². The van der Waals surface area contributed by atoms with Crippen LogP contribution in [-0.4, -0.2) is 19.9 Å². The van der Waals surface area contributed by atoms with Crippen molar-refractivity contribution >= 4 is 10.8 Å². The first-order valence-electron chi connectivity index (χ1n) is 17.8. The summed E-state index contributed by atoms with van der Waals surface area (Å²) in [7, 11) is 0. The van der Waals surface area contributed by atoms with Crippen molar-refractivity contribution < 1.29 is 0 Å². The molecule has 0 unspecified atom stereocenters. The van der Waals surface area contributed by atoms with Gasteiger partial charge in [-0.3, -0.25) is 19.9 Å². The Balaban J connectivity index is 1.28. The number of pyridine rings is 4. The van der Waals surface area contributed by atoms with Crippen molar-refractivity contribution in [3.8, 4) is 55.6 Å². The van der Waals surface area contributed by atoms with E-state index in [9.17, 15) is 0 Å². The van der Waals surface area contributed by atoms with Gasteiger partial charge < -0.3 is 0 Å². The molecule has 53 heavy (non-hydrogen) atoms. The molecule has 0 bridgehead atoms. The number of fused-ring (bicyclic) bond motifs is 5. The lowest BCUT2D eigenvalue weighted by Crippen LogP contribution is -2.28. The molecule has 0 radical (unpaired) electrons. The number of nitrogens with zero attached hydrogens (tertiary/aromatic N) is 4. The van der Waals surface area contributed by atoms with Crippen LogP contribution >= 0.6 is 0 Å². The molecule has 1 aliphatic carbocycles. The Morgan fingerprint density at radius 1 is 0.321 bits per heavy atom. The molecule has 10 rings (SSSR count). The van der Waals surface area contributed by atoms with Crippen LogP contribution in [-0.2, 0) is 5.41 Å². The highest BCUT2D eigenvalue weighted by Gasteiger charge is 2.47. The highest BCUT2D eigenvalue weighted by molar-refractivity contribution is 6.10. The van der Waals surface area contributed by atoms with E-state index >= 15 is 0 Å². The zero-order valence-electron chi connectivity index (χ0n) is 28.8. The van der Waals surface area contributed by atoms with E-state index in [0.29, 0.717) is 0 Å². The van der Waals surface area contributed by atoms with E-state index in [1.54, 1.807) is 0 Å². The van der Waals surface area contributed by atoms with Gasteiger partial charge in [-0.2, -0.15) is 0 Å². The minimum atomic E-state index is -0.603. The van der Waals surface area contributed by atoms with Gasteiger partial charge in [-0.15, -0.1) is 0 Å². The fourth-order valence-electron chi connectivity index (χ4n) is 8.35. The lowest BCUT2D eigenvalue weighted by molar-refractivity contribution is 0.769. The van der Waals surface area contributed by atoms with E-state index < -0.39 is 5.41 Å². The zero-order chi connectivity index (χ0) is 35.2. The summed E-state index contributed by atoms with van der Waals surface area (Å²) in [6, 6.07) is 52.9. The molecule has 0 amide bonds. The van der Waals surface area contributed by atoms with Gasteiger partial charge in [0.05, 0.1) is 5.41 Å². The molecule has 9 aromatic rings. The summed E-state index contributed by atoms with van der Waals surface area (Å²) in [6.45, 7) is 0. The molecule has 0 atom stereocenters. The second-order valence-electron chi connectivity index (χ2n) is 13.5. The lowest BCUT2D eigenvalue weighted by Gasteiger charge is -2.34. The van der Waals surface area contributed by atoms with Gasteiger partial charge in [0.1, 0.15) is 0 Å². The molecule has 0 spiro atoms. The molecule has 0 fully saturated rings. The van der Waals surface area contributed by atoms with Crippen LogP contribution < -0.4 is 0 Å². The predicted octanol–water partition coefficient (Wildman–Crippen LogP) is 11.5. The average molecular weight is 677 g/mol. The molecule has 4 heterocycles. The first-order valence-corrected chi connectivity index (χ1v) is 17.8. The maximum atomic E-state index is 4.77. The van der Waals surface area contributed by atoms with Crippen LogP contribution in [0, 0.1) is 0 Å². The molecule has 0 saturated carbocycles. The monoisotopic (exact) mass is 676 g/mol. The van der Waals surface area contributed by atoms with Crippen LogP contribution in [0.5, 0.6) is 0 Å². The smallest absolute Gasteiger partial charge is 0.0714 e. The lowest BCUT2D eigenvalue weighted by atomic mass is 9.67. The van der Waals surface area contributed by atoms with Crippen molar-refractivity contribution in [3.63, 3.8) is 0 Å². The molecule has 4 nitrogen and oxygen atoms in total. The molecular weight excluding hydrogens is 645 g/mol. The van der Waals surface area contributed by atoms with Crippen molar-refractivity contribution in [2.24, 2.45) is 0 Å². The molecule has 0 N–H and O–H groups in total. The third kappa shape index (κ3) is 4.99. The average Bonchev–Trinajstić information content (AvgIpc) is 3.55. The van der Waals surface area contributed by atoms with E-state index in [1.165, 1.54) is 44.2 Å². The second kappa shape index (κ2) is 12.6. The maximum absolute atomic E-state index is 4.77. The van der Waals surface area contributed by atoms with Crippen LogP contribution in [0.4, 0.5) is 0 Å². The van der Waals surface area contributed by atoms with Crippen molar-refractivity contribution in [3.05, 3.63) is 217 Å². The van der Waals surface area contributed by atoms with Crippen molar-refractivity contribution in [1.29, 1.82) is 0 Å². The summed E-state index contributed by atoms with van der Waals surface area (Å²) in [5, 5.41) is 2.42. The Hall–Kier alpha value is -7.04. The molecule has 5 aromatic carbocycles. The maximum Gasteiger partial charge on any atom is 0.0714 e. The van der Waals surface area contributed by atoms with Crippen molar-refractivity contribution in [2.75, 3.05) is 0 Å². The van der Waals surface area contributed by atoms with Gasteiger partial charge in [0.25, 0.3) is 0 Å². The molecule has 1 aliphatic rings. The Morgan fingerprint density at radius 3 is 1.43 bits per heavy atom. The van der Waals surface area contributed by atoms with E-state index in [4.69, 9.17) is 9.97 Å². The Labute approximate surface area is 308 Å². The van der Waals surface area contributed by atoms with Gasteiger partial charge in [0.2, 0.25) is 0 Å². The summed E-state index contributed by atoms with van der Waals surface area (Å²) >= 11 is 0. The number of benzene rings is 5. The first-order chi connectivity index (χ1) is 26.3. The van der Waals surface area contributed by atoms with Crippen LogP contribution in [0.1, 0.15) is 22.3 Å². The predicted molar refractivity (Wildman–Crippen MR) is 214 cm³/mol. The van der Waals surface area contributed by atoms with E-state index in [1.807, 2.05) is 73.8 Å². The summed E-state index contributed by atoms with van der Waals surface area (Å²) in [4.78, 5) is 17.9.